The molecule has 0 aliphatic carbocycles. The minimum atomic E-state index is -0.494. The van der Waals surface area contributed by atoms with Gasteiger partial charge < -0.3 is 9.97 Å². The van der Waals surface area contributed by atoms with Crippen LogP contribution in [0.3, 0.4) is 0 Å². The van der Waals surface area contributed by atoms with Crippen molar-refractivity contribution in [3.63, 3.8) is 0 Å². The lowest BCUT2D eigenvalue weighted by atomic mass is 9.75. The van der Waals surface area contributed by atoms with Gasteiger partial charge in [0.2, 0.25) is 0 Å². The smallest absolute Gasteiger partial charge is 0.252 e. The van der Waals surface area contributed by atoms with Gasteiger partial charge in [-0.25, -0.2) is 9.37 Å². The number of hydrogen-bond acceptors (Lipinski definition) is 3. The second-order valence-corrected chi connectivity index (χ2v) is 7.19. The Labute approximate surface area is 167 Å². The number of aromatic amines is 2. The number of nitrogens with one attached hydrogen (secondary N) is 2. The van der Waals surface area contributed by atoms with Gasteiger partial charge >= 0.3 is 0 Å². The first-order chi connectivity index (χ1) is 14.0. The molecule has 29 heavy (non-hydrogen) atoms. The number of H-pyrrole nitrogens is 2. The standard InChI is InChI=1S/C22H24FN5O/c1-4-22(5-2,21-24-9-10-25-21)16-7-8-18(27-20(16)29)14-11-17(23)15-13-26-28(6-3)19(15)12-14/h7-13H,4-6H2,1-3H3,(H,24,25)(H,27,29). The van der Waals surface area contributed by atoms with Gasteiger partial charge in [0, 0.05) is 35.8 Å². The van der Waals surface area contributed by atoms with E-state index in [1.54, 1.807) is 17.1 Å². The molecule has 0 atom stereocenters. The number of halogens is 1. The number of nitrogens with zero attached hydrogens (tertiary/aromatic N) is 3. The minimum absolute atomic E-state index is 0.188. The monoisotopic (exact) mass is 393 g/mol. The lowest BCUT2D eigenvalue weighted by Gasteiger charge is -2.29. The molecule has 0 saturated carbocycles. The van der Waals surface area contributed by atoms with Gasteiger partial charge in [-0.05, 0) is 38.0 Å². The van der Waals surface area contributed by atoms with Crippen LogP contribution >= 0.6 is 0 Å². The van der Waals surface area contributed by atoms with Gasteiger partial charge in [0.05, 0.1) is 22.5 Å². The van der Waals surface area contributed by atoms with Gasteiger partial charge in [-0.15, -0.1) is 0 Å². The van der Waals surface area contributed by atoms with Crippen molar-refractivity contribution in [2.45, 2.75) is 45.6 Å². The molecule has 0 radical (unpaired) electrons. The molecular formula is C22H24FN5O. The second-order valence-electron chi connectivity index (χ2n) is 7.19. The zero-order chi connectivity index (χ0) is 20.6. The third-order valence-electron chi connectivity index (χ3n) is 5.91. The third-order valence-corrected chi connectivity index (χ3v) is 5.91. The summed E-state index contributed by atoms with van der Waals surface area (Å²) in [6.07, 6.45) is 6.47. The fourth-order valence-corrected chi connectivity index (χ4v) is 4.18. The predicted molar refractivity (Wildman–Crippen MR) is 111 cm³/mol. The Kier molecular flexibility index (Phi) is 4.82. The van der Waals surface area contributed by atoms with Crippen LogP contribution in [0.5, 0.6) is 0 Å². The summed E-state index contributed by atoms with van der Waals surface area (Å²) in [5, 5.41) is 4.69. The first kappa shape index (κ1) is 19.1. The molecule has 1 aromatic carbocycles. The maximum absolute atomic E-state index is 14.6. The van der Waals surface area contributed by atoms with Crippen LogP contribution in [0, 0.1) is 5.82 Å². The first-order valence-electron chi connectivity index (χ1n) is 9.93. The Morgan fingerprint density at radius 2 is 1.97 bits per heavy atom. The molecule has 6 nitrogen and oxygen atoms in total. The fraction of sp³-hybridized carbons (Fsp3) is 0.318. The van der Waals surface area contributed by atoms with Crippen molar-refractivity contribution in [2.24, 2.45) is 0 Å². The van der Waals surface area contributed by atoms with E-state index in [-0.39, 0.29) is 11.4 Å². The number of hydrogen-bond donors (Lipinski definition) is 2. The predicted octanol–water partition coefficient (Wildman–Crippen LogP) is 4.38. The molecule has 0 spiro atoms. The lowest BCUT2D eigenvalue weighted by Crippen LogP contribution is -2.34. The minimum Gasteiger partial charge on any atom is -0.348 e. The highest BCUT2D eigenvalue weighted by molar-refractivity contribution is 5.84. The van der Waals surface area contributed by atoms with E-state index >= 15 is 0 Å². The summed E-state index contributed by atoms with van der Waals surface area (Å²) < 4.78 is 16.3. The van der Waals surface area contributed by atoms with Crippen molar-refractivity contribution in [3.05, 3.63) is 70.4 Å². The highest BCUT2D eigenvalue weighted by atomic mass is 19.1. The molecule has 7 heteroatoms. The van der Waals surface area contributed by atoms with Gasteiger partial charge in [-0.3, -0.25) is 9.48 Å². The van der Waals surface area contributed by atoms with Crippen molar-refractivity contribution in [1.82, 2.24) is 24.7 Å². The third kappa shape index (κ3) is 2.97. The maximum Gasteiger partial charge on any atom is 0.252 e. The highest BCUT2D eigenvalue weighted by Crippen LogP contribution is 2.35. The zero-order valence-electron chi connectivity index (χ0n) is 16.8. The van der Waals surface area contributed by atoms with E-state index in [2.05, 4.69) is 33.9 Å². The van der Waals surface area contributed by atoms with Gasteiger partial charge in [0.25, 0.3) is 5.56 Å². The van der Waals surface area contributed by atoms with Crippen molar-refractivity contribution in [3.8, 4) is 11.3 Å². The number of imidazole rings is 1. The number of fused-ring (bicyclic) bond motifs is 1. The largest absolute Gasteiger partial charge is 0.348 e. The second kappa shape index (κ2) is 7.31. The molecule has 0 amide bonds. The molecule has 2 N–H and O–H groups in total. The summed E-state index contributed by atoms with van der Waals surface area (Å²) in [5.41, 5.74) is 1.87. The number of aryl methyl sites for hydroxylation is 1. The number of pyridine rings is 1. The topological polar surface area (TPSA) is 79.4 Å². The van der Waals surface area contributed by atoms with Crippen molar-refractivity contribution in [2.75, 3.05) is 0 Å². The SMILES string of the molecule is CCn1ncc2c(F)cc(-c3ccc(C(CC)(CC)c4ncc[nH]4)c(=O)[nH]3)cc21. The molecule has 3 heterocycles. The Morgan fingerprint density at radius 3 is 2.59 bits per heavy atom. The van der Waals surface area contributed by atoms with E-state index in [9.17, 15) is 9.18 Å². The van der Waals surface area contributed by atoms with E-state index in [0.717, 1.165) is 18.7 Å². The summed E-state index contributed by atoms with van der Waals surface area (Å²) in [4.78, 5) is 23.6. The van der Waals surface area contributed by atoms with E-state index in [0.29, 0.717) is 34.3 Å². The quantitative estimate of drug-likeness (QED) is 0.510. The van der Waals surface area contributed by atoms with Gasteiger partial charge in [-0.1, -0.05) is 19.9 Å². The van der Waals surface area contributed by atoms with Crippen LogP contribution in [0.25, 0.3) is 22.2 Å². The molecule has 0 saturated heterocycles. The fourth-order valence-electron chi connectivity index (χ4n) is 4.18. The molecule has 0 aliphatic rings. The summed E-state index contributed by atoms with van der Waals surface area (Å²) in [5.74, 6) is 0.425. The van der Waals surface area contributed by atoms with Crippen molar-refractivity contribution in [1.29, 1.82) is 0 Å². The van der Waals surface area contributed by atoms with Gasteiger partial charge in [-0.2, -0.15) is 5.10 Å². The van der Waals surface area contributed by atoms with Crippen LogP contribution in [-0.4, -0.2) is 24.7 Å². The molecule has 4 aromatic rings. The highest BCUT2D eigenvalue weighted by Gasteiger charge is 2.35. The lowest BCUT2D eigenvalue weighted by molar-refractivity contribution is 0.448. The summed E-state index contributed by atoms with van der Waals surface area (Å²) in [7, 11) is 0. The Bertz CT molecular complexity index is 1200. The zero-order valence-corrected chi connectivity index (χ0v) is 16.8. The Hall–Kier alpha value is -3.22. The van der Waals surface area contributed by atoms with Crippen LogP contribution in [0.2, 0.25) is 0 Å². The number of rotatable bonds is 6. The molecule has 0 fully saturated rings. The molecule has 0 bridgehead atoms. The molecule has 150 valence electrons. The Morgan fingerprint density at radius 1 is 1.17 bits per heavy atom. The average molecular weight is 393 g/mol. The summed E-state index contributed by atoms with van der Waals surface area (Å²) in [6.45, 7) is 6.70. The van der Waals surface area contributed by atoms with Crippen LogP contribution in [0.15, 0.2) is 47.7 Å². The van der Waals surface area contributed by atoms with Gasteiger partial charge in [0.1, 0.15) is 11.6 Å². The van der Waals surface area contributed by atoms with Crippen LogP contribution in [-0.2, 0) is 12.0 Å². The van der Waals surface area contributed by atoms with E-state index < -0.39 is 5.41 Å². The number of benzene rings is 1. The van der Waals surface area contributed by atoms with Crippen molar-refractivity contribution < 1.29 is 4.39 Å². The van der Waals surface area contributed by atoms with E-state index in [4.69, 9.17) is 0 Å². The number of aromatic nitrogens is 5. The molecule has 3 aromatic heterocycles. The van der Waals surface area contributed by atoms with E-state index in [1.165, 1.54) is 12.3 Å². The van der Waals surface area contributed by atoms with E-state index in [1.807, 2.05) is 25.1 Å². The molecule has 0 unspecified atom stereocenters. The molecular weight excluding hydrogens is 369 g/mol. The summed E-state index contributed by atoms with van der Waals surface area (Å²) in [6, 6.07) is 6.98. The van der Waals surface area contributed by atoms with Crippen molar-refractivity contribution >= 4 is 10.9 Å². The van der Waals surface area contributed by atoms with Crippen LogP contribution in [0.1, 0.15) is 45.0 Å². The van der Waals surface area contributed by atoms with Crippen LogP contribution < -0.4 is 5.56 Å². The normalized spacial score (nSPS) is 12.0. The first-order valence-corrected chi connectivity index (χ1v) is 9.93. The van der Waals surface area contributed by atoms with Gasteiger partial charge in [0.15, 0.2) is 0 Å². The average Bonchev–Trinajstić information content (AvgIpc) is 3.40. The Balaban J connectivity index is 1.84. The molecule has 4 rings (SSSR count). The summed E-state index contributed by atoms with van der Waals surface area (Å²) >= 11 is 0. The maximum atomic E-state index is 14.6. The molecule has 0 aliphatic heterocycles. The van der Waals surface area contributed by atoms with Crippen LogP contribution in [0.4, 0.5) is 4.39 Å².